The molecule has 1 fully saturated rings. The van der Waals surface area contributed by atoms with E-state index in [4.69, 9.17) is 26.9 Å². The van der Waals surface area contributed by atoms with Gasteiger partial charge in [0.15, 0.2) is 0 Å². The number of aliphatic hydroxyl groups is 1. The number of ether oxygens (including phenoxy) is 1. The Bertz CT molecular complexity index is 210. The van der Waals surface area contributed by atoms with E-state index in [1.165, 1.54) is 0 Å². The van der Waals surface area contributed by atoms with Crippen LogP contribution in [0.2, 0.25) is 0 Å². The van der Waals surface area contributed by atoms with E-state index in [-0.39, 0.29) is 47.1 Å². The topological polar surface area (TPSA) is 112 Å². The fourth-order valence-electron chi connectivity index (χ4n) is 0.338. The van der Waals surface area contributed by atoms with Crippen LogP contribution in [0.1, 0.15) is 34.1 Å². The van der Waals surface area contributed by atoms with Crippen LogP contribution in [0.3, 0.4) is 0 Å². The summed E-state index contributed by atoms with van der Waals surface area (Å²) in [4.78, 5) is 0. The Morgan fingerprint density at radius 1 is 1.44 bits per heavy atom. The van der Waals surface area contributed by atoms with Gasteiger partial charge < -0.3 is 27.2 Å². The zero-order chi connectivity index (χ0) is 11.8. The molecule has 0 aromatic rings. The minimum absolute atomic E-state index is 0. The van der Waals surface area contributed by atoms with Crippen LogP contribution in [0.15, 0.2) is 0 Å². The Morgan fingerprint density at radius 2 is 1.69 bits per heavy atom. The second-order valence-electron chi connectivity index (χ2n) is 4.20. The van der Waals surface area contributed by atoms with Gasteiger partial charge in [0.25, 0.3) is 0 Å². The van der Waals surface area contributed by atoms with Crippen molar-refractivity contribution in [2.45, 2.75) is 45.3 Å². The molecule has 1 saturated heterocycles. The van der Waals surface area contributed by atoms with E-state index in [0.717, 1.165) is 6.61 Å². The maximum Gasteiger partial charge on any atom is 1.00 e. The molecule has 3 N–H and O–H groups in total. The first kappa shape index (κ1) is 24.9. The molecule has 0 aromatic carbocycles. The molecular weight excluding hydrogens is 219 g/mol. The number of nitriles is 1. The third-order valence-corrected chi connectivity index (χ3v) is 1.23. The number of rotatable bonds is 1. The predicted octanol–water partition coefficient (Wildman–Crippen LogP) is -2.26. The molecule has 0 spiro atoms. The number of epoxide rings is 1. The molecule has 0 aliphatic carbocycles. The maximum atomic E-state index is 8.80. The van der Waals surface area contributed by atoms with E-state index in [9.17, 15) is 0 Å². The summed E-state index contributed by atoms with van der Waals surface area (Å²) >= 11 is 0. The van der Waals surface area contributed by atoms with Crippen molar-refractivity contribution in [1.29, 1.82) is 10.5 Å². The minimum atomic E-state index is -0.811. The molecular formula is C10H19N2NaO3. The molecule has 0 amide bonds. The van der Waals surface area contributed by atoms with Gasteiger partial charge >= 0.3 is 29.6 Å². The third-order valence-electron chi connectivity index (χ3n) is 1.23. The van der Waals surface area contributed by atoms with E-state index < -0.39 is 5.60 Å². The molecule has 16 heavy (non-hydrogen) atoms. The predicted molar refractivity (Wildman–Crippen MR) is 55.1 cm³/mol. The van der Waals surface area contributed by atoms with E-state index in [1.807, 2.05) is 6.07 Å². The Hall–Kier alpha value is -0.140. The second kappa shape index (κ2) is 11.3. The molecule has 0 saturated carbocycles. The van der Waals surface area contributed by atoms with Gasteiger partial charge in [-0.05, 0) is 27.7 Å². The molecule has 1 aliphatic rings. The van der Waals surface area contributed by atoms with Crippen LogP contribution in [0.5, 0.6) is 0 Å². The van der Waals surface area contributed by atoms with Gasteiger partial charge in [-0.1, -0.05) is 0 Å². The SMILES string of the molecule is CC(C)(O)CC#N.CC1(C)CO1.O.[C-]#N.[Na+]. The van der Waals surface area contributed by atoms with Crippen LogP contribution in [0.4, 0.5) is 0 Å². The van der Waals surface area contributed by atoms with Crippen molar-refractivity contribution in [2.24, 2.45) is 0 Å². The van der Waals surface area contributed by atoms with E-state index >= 15 is 0 Å². The van der Waals surface area contributed by atoms with Gasteiger partial charge in [0, 0.05) is 0 Å². The molecule has 1 aliphatic heterocycles. The van der Waals surface area contributed by atoms with Gasteiger partial charge in [0.05, 0.1) is 30.3 Å². The van der Waals surface area contributed by atoms with Crippen LogP contribution in [0.25, 0.3) is 0 Å². The summed E-state index contributed by atoms with van der Waals surface area (Å²) in [5.41, 5.74) is -0.561. The molecule has 0 atom stereocenters. The largest absolute Gasteiger partial charge is 1.00 e. The molecule has 1 heterocycles. The molecule has 5 nitrogen and oxygen atoms in total. The third kappa shape index (κ3) is 29.2. The Labute approximate surface area is 120 Å². The normalized spacial score (nSPS) is 14.1. The summed E-state index contributed by atoms with van der Waals surface area (Å²) in [6, 6.07) is 1.86. The molecule has 0 unspecified atom stereocenters. The zero-order valence-electron chi connectivity index (χ0n) is 10.7. The van der Waals surface area contributed by atoms with Crippen molar-refractivity contribution in [3.8, 4) is 6.07 Å². The first-order valence-electron chi connectivity index (χ1n) is 4.22. The summed E-state index contributed by atoms with van der Waals surface area (Å²) < 4.78 is 4.90. The van der Waals surface area contributed by atoms with Crippen LogP contribution >= 0.6 is 0 Å². The van der Waals surface area contributed by atoms with Crippen LogP contribution < -0.4 is 29.6 Å². The summed E-state index contributed by atoms with van der Waals surface area (Å²) in [7, 11) is 0. The van der Waals surface area contributed by atoms with Gasteiger partial charge in [-0.25, -0.2) is 0 Å². The number of nitrogens with zero attached hydrogens (tertiary/aromatic N) is 2. The molecule has 6 heteroatoms. The Balaban J connectivity index is -0.0000000716. The van der Waals surface area contributed by atoms with Crippen molar-refractivity contribution in [2.75, 3.05) is 6.61 Å². The number of hydrogen-bond donors (Lipinski definition) is 1. The molecule has 1 rings (SSSR count). The molecule has 0 bridgehead atoms. The monoisotopic (exact) mass is 238 g/mol. The zero-order valence-corrected chi connectivity index (χ0v) is 12.7. The Morgan fingerprint density at radius 3 is 1.69 bits per heavy atom. The summed E-state index contributed by atoms with van der Waals surface area (Å²) in [6.07, 6.45) is 0.201. The first-order chi connectivity index (χ1) is 6.27. The minimum Gasteiger partial charge on any atom is -0.512 e. The van der Waals surface area contributed by atoms with Gasteiger partial charge in [0.1, 0.15) is 0 Å². The van der Waals surface area contributed by atoms with Crippen molar-refractivity contribution in [3.05, 3.63) is 6.57 Å². The van der Waals surface area contributed by atoms with E-state index in [1.54, 1.807) is 13.8 Å². The summed E-state index contributed by atoms with van der Waals surface area (Å²) in [5, 5.41) is 23.0. The van der Waals surface area contributed by atoms with Crippen molar-refractivity contribution >= 4 is 0 Å². The van der Waals surface area contributed by atoms with Gasteiger partial charge in [0.2, 0.25) is 0 Å². The van der Waals surface area contributed by atoms with Crippen molar-refractivity contribution in [1.82, 2.24) is 0 Å². The molecule has 0 radical (unpaired) electrons. The maximum absolute atomic E-state index is 8.80. The van der Waals surface area contributed by atoms with Gasteiger partial charge in [-0.2, -0.15) is 5.26 Å². The van der Waals surface area contributed by atoms with Crippen LogP contribution in [0, 0.1) is 23.2 Å². The quantitative estimate of drug-likeness (QED) is 0.315. The fourth-order valence-corrected chi connectivity index (χ4v) is 0.338. The van der Waals surface area contributed by atoms with Crippen LogP contribution in [-0.4, -0.2) is 28.4 Å². The van der Waals surface area contributed by atoms with Crippen LogP contribution in [-0.2, 0) is 4.74 Å². The second-order valence-corrected chi connectivity index (χ2v) is 4.20. The average molecular weight is 238 g/mol. The first-order valence-corrected chi connectivity index (χ1v) is 4.22. The van der Waals surface area contributed by atoms with Crippen molar-refractivity contribution < 1.29 is 44.9 Å². The van der Waals surface area contributed by atoms with Crippen molar-refractivity contribution in [3.63, 3.8) is 0 Å². The smallest absolute Gasteiger partial charge is 0.512 e. The van der Waals surface area contributed by atoms with E-state index in [0.29, 0.717) is 0 Å². The van der Waals surface area contributed by atoms with E-state index in [2.05, 4.69) is 13.8 Å². The van der Waals surface area contributed by atoms with Gasteiger partial charge in [-0.15, -0.1) is 0 Å². The Kier molecular flexibility index (Phi) is 17.7. The summed E-state index contributed by atoms with van der Waals surface area (Å²) in [5.74, 6) is 0. The van der Waals surface area contributed by atoms with Gasteiger partial charge in [-0.3, -0.25) is 0 Å². The standard InChI is InChI=1S/C5H9NO.C4H8O.CN.Na.H2O/c1-5(2,7)3-4-6;1-4(2)3-5-4;1-2;;/h7H,3H2,1-2H3;3H2,1-2H3;;;1H2/q;;-1;+1;. The fraction of sp³-hybridized carbons (Fsp3) is 0.800. The summed E-state index contributed by atoms with van der Waals surface area (Å²) in [6.45, 7) is 13.1. The molecule has 88 valence electrons. The molecule has 0 aromatic heterocycles. The number of hydrogen-bond acceptors (Lipinski definition) is 4. The average Bonchev–Trinajstić information content (AvgIpc) is 2.69.